The largest absolute Gasteiger partial charge is 0.378 e. The minimum atomic E-state index is -0.0430. The number of halogens is 1. The normalized spacial score (nSPS) is 18.0. The first kappa shape index (κ1) is 21.1. The lowest BCUT2D eigenvalue weighted by Crippen LogP contribution is -2.49. The van der Waals surface area contributed by atoms with Crippen molar-refractivity contribution in [3.63, 3.8) is 0 Å². The van der Waals surface area contributed by atoms with E-state index in [9.17, 15) is 9.59 Å². The lowest BCUT2D eigenvalue weighted by atomic mass is 10.0. The van der Waals surface area contributed by atoms with Crippen LogP contribution in [0.3, 0.4) is 0 Å². The predicted molar refractivity (Wildman–Crippen MR) is 89.0 cm³/mol. The number of ether oxygens (including phenoxy) is 1. The van der Waals surface area contributed by atoms with E-state index in [1.165, 1.54) is 0 Å². The second-order valence-corrected chi connectivity index (χ2v) is 5.75. The summed E-state index contributed by atoms with van der Waals surface area (Å²) >= 11 is 0. The van der Waals surface area contributed by atoms with Crippen molar-refractivity contribution in [3.05, 3.63) is 0 Å². The molecule has 130 valence electrons. The van der Waals surface area contributed by atoms with Crippen LogP contribution in [0.15, 0.2) is 0 Å². The smallest absolute Gasteiger partial charge is 0.225 e. The Hall–Kier alpha value is -0.850. The number of hydrogen-bond donors (Lipinski definition) is 2. The number of rotatable bonds is 8. The summed E-state index contributed by atoms with van der Waals surface area (Å²) in [6.45, 7) is 6.03. The van der Waals surface area contributed by atoms with E-state index >= 15 is 0 Å². The van der Waals surface area contributed by atoms with E-state index in [2.05, 4.69) is 5.32 Å². The van der Waals surface area contributed by atoms with Crippen molar-refractivity contribution in [1.29, 1.82) is 0 Å². The third-order valence-corrected chi connectivity index (χ3v) is 3.62. The zero-order chi connectivity index (χ0) is 15.7. The van der Waals surface area contributed by atoms with Gasteiger partial charge in [-0.1, -0.05) is 0 Å². The highest BCUT2D eigenvalue weighted by Crippen LogP contribution is 2.17. The van der Waals surface area contributed by atoms with E-state index in [0.29, 0.717) is 32.5 Å². The van der Waals surface area contributed by atoms with E-state index < -0.39 is 0 Å². The molecular weight excluding hydrogens is 306 g/mol. The number of carbonyl (C=O) groups is 2. The van der Waals surface area contributed by atoms with Crippen LogP contribution in [0.25, 0.3) is 0 Å². The lowest BCUT2D eigenvalue weighted by Gasteiger charge is -2.36. The lowest BCUT2D eigenvalue weighted by molar-refractivity contribution is -0.136. The fourth-order valence-electron chi connectivity index (χ4n) is 2.52. The Bertz CT molecular complexity index is 340. The highest BCUT2D eigenvalue weighted by Gasteiger charge is 2.26. The second-order valence-electron chi connectivity index (χ2n) is 5.75. The SMILES string of the molecule is CC(C)OCCC(=O)N1CCCCC1CNC(=O)CCN.Cl. The molecule has 0 saturated carbocycles. The van der Waals surface area contributed by atoms with E-state index in [-0.39, 0.29) is 36.4 Å². The van der Waals surface area contributed by atoms with Gasteiger partial charge in [0.25, 0.3) is 0 Å². The van der Waals surface area contributed by atoms with Gasteiger partial charge in [0.15, 0.2) is 0 Å². The van der Waals surface area contributed by atoms with Crippen LogP contribution in [0.5, 0.6) is 0 Å². The number of nitrogens with two attached hydrogens (primary N) is 1. The molecule has 1 saturated heterocycles. The number of amides is 2. The van der Waals surface area contributed by atoms with Gasteiger partial charge in [-0.05, 0) is 33.1 Å². The fourth-order valence-corrected chi connectivity index (χ4v) is 2.52. The summed E-state index contributed by atoms with van der Waals surface area (Å²) in [4.78, 5) is 25.7. The van der Waals surface area contributed by atoms with Gasteiger partial charge in [-0.15, -0.1) is 12.4 Å². The summed E-state index contributed by atoms with van der Waals surface area (Å²) in [5.74, 6) is 0.0760. The maximum atomic E-state index is 12.3. The van der Waals surface area contributed by atoms with Crippen LogP contribution in [0.2, 0.25) is 0 Å². The predicted octanol–water partition coefficient (Wildman–Crippen LogP) is 1.07. The molecule has 0 aliphatic carbocycles. The first-order chi connectivity index (χ1) is 10.0. The minimum absolute atomic E-state index is 0. The molecule has 1 aliphatic heterocycles. The monoisotopic (exact) mass is 335 g/mol. The van der Waals surface area contributed by atoms with Gasteiger partial charge in [0, 0.05) is 32.1 Å². The molecule has 2 amide bonds. The molecule has 6 nitrogen and oxygen atoms in total. The Morgan fingerprint density at radius 3 is 2.68 bits per heavy atom. The van der Waals surface area contributed by atoms with Gasteiger partial charge in [-0.3, -0.25) is 9.59 Å². The quantitative estimate of drug-likeness (QED) is 0.695. The van der Waals surface area contributed by atoms with Crippen molar-refractivity contribution >= 4 is 24.2 Å². The Balaban J connectivity index is 0.00000441. The molecule has 0 aromatic rings. The van der Waals surface area contributed by atoms with Crippen molar-refractivity contribution in [2.75, 3.05) is 26.2 Å². The standard InChI is InChI=1S/C15H29N3O3.ClH/c1-12(2)21-10-7-15(20)18-9-4-3-5-13(18)11-17-14(19)6-8-16;/h12-13H,3-11,16H2,1-2H3,(H,17,19);1H. The molecule has 1 heterocycles. The zero-order valence-electron chi connectivity index (χ0n) is 13.7. The number of carbonyl (C=O) groups excluding carboxylic acids is 2. The maximum Gasteiger partial charge on any atom is 0.225 e. The summed E-state index contributed by atoms with van der Waals surface area (Å²) in [6.07, 6.45) is 3.97. The van der Waals surface area contributed by atoms with Crippen molar-refractivity contribution in [2.45, 2.75) is 58.1 Å². The first-order valence-corrected chi connectivity index (χ1v) is 7.92. The van der Waals surface area contributed by atoms with Gasteiger partial charge in [0.1, 0.15) is 0 Å². The second kappa shape index (κ2) is 11.7. The molecule has 0 bridgehead atoms. The third-order valence-electron chi connectivity index (χ3n) is 3.62. The van der Waals surface area contributed by atoms with Crippen LogP contribution >= 0.6 is 12.4 Å². The molecule has 1 rings (SSSR count). The van der Waals surface area contributed by atoms with E-state index in [1.807, 2.05) is 18.7 Å². The van der Waals surface area contributed by atoms with Crippen LogP contribution < -0.4 is 11.1 Å². The minimum Gasteiger partial charge on any atom is -0.378 e. The molecular formula is C15H30ClN3O3. The summed E-state index contributed by atoms with van der Waals surface area (Å²) in [7, 11) is 0. The maximum absolute atomic E-state index is 12.3. The average Bonchev–Trinajstić information content (AvgIpc) is 2.45. The molecule has 0 spiro atoms. The van der Waals surface area contributed by atoms with Crippen LogP contribution in [0, 0.1) is 0 Å². The highest BCUT2D eigenvalue weighted by molar-refractivity contribution is 5.85. The molecule has 1 atom stereocenters. The summed E-state index contributed by atoms with van der Waals surface area (Å²) in [5, 5.41) is 2.87. The van der Waals surface area contributed by atoms with Gasteiger partial charge >= 0.3 is 0 Å². The third kappa shape index (κ3) is 7.96. The highest BCUT2D eigenvalue weighted by atomic mass is 35.5. The van der Waals surface area contributed by atoms with Crippen molar-refractivity contribution in [2.24, 2.45) is 5.73 Å². The van der Waals surface area contributed by atoms with E-state index in [4.69, 9.17) is 10.5 Å². The van der Waals surface area contributed by atoms with Gasteiger partial charge in [-0.2, -0.15) is 0 Å². The Labute approximate surface area is 139 Å². The van der Waals surface area contributed by atoms with Gasteiger partial charge in [0.2, 0.25) is 11.8 Å². The number of piperidine rings is 1. The zero-order valence-corrected chi connectivity index (χ0v) is 14.5. The van der Waals surface area contributed by atoms with E-state index in [0.717, 1.165) is 25.8 Å². The average molecular weight is 336 g/mol. The molecule has 7 heteroatoms. The van der Waals surface area contributed by atoms with Crippen molar-refractivity contribution < 1.29 is 14.3 Å². The molecule has 1 fully saturated rings. The molecule has 1 aliphatic rings. The number of nitrogens with zero attached hydrogens (tertiary/aromatic N) is 1. The number of nitrogens with one attached hydrogen (secondary N) is 1. The summed E-state index contributed by atoms with van der Waals surface area (Å²) in [6, 6.07) is 0.104. The number of hydrogen-bond acceptors (Lipinski definition) is 4. The van der Waals surface area contributed by atoms with Gasteiger partial charge < -0.3 is 20.7 Å². The Morgan fingerprint density at radius 1 is 1.32 bits per heavy atom. The summed E-state index contributed by atoms with van der Waals surface area (Å²) in [5.41, 5.74) is 5.35. The Kier molecular flexibility index (Phi) is 11.2. The molecule has 0 radical (unpaired) electrons. The molecule has 1 unspecified atom stereocenters. The van der Waals surface area contributed by atoms with Crippen molar-refractivity contribution in [1.82, 2.24) is 10.2 Å². The van der Waals surface area contributed by atoms with Gasteiger partial charge in [0.05, 0.1) is 19.1 Å². The van der Waals surface area contributed by atoms with Crippen LogP contribution in [-0.2, 0) is 14.3 Å². The fraction of sp³-hybridized carbons (Fsp3) is 0.867. The summed E-state index contributed by atoms with van der Waals surface area (Å²) < 4.78 is 5.44. The Morgan fingerprint density at radius 2 is 2.05 bits per heavy atom. The molecule has 0 aromatic carbocycles. The van der Waals surface area contributed by atoms with E-state index in [1.54, 1.807) is 0 Å². The first-order valence-electron chi connectivity index (χ1n) is 7.92. The molecule has 0 aromatic heterocycles. The molecule has 3 N–H and O–H groups in total. The van der Waals surface area contributed by atoms with Crippen LogP contribution in [-0.4, -0.2) is 55.1 Å². The molecule has 22 heavy (non-hydrogen) atoms. The van der Waals surface area contributed by atoms with Crippen molar-refractivity contribution in [3.8, 4) is 0 Å². The van der Waals surface area contributed by atoms with Crippen LogP contribution in [0.1, 0.15) is 46.0 Å². The van der Waals surface area contributed by atoms with Gasteiger partial charge in [-0.25, -0.2) is 0 Å². The number of likely N-dealkylation sites (tertiary alicyclic amines) is 1. The topological polar surface area (TPSA) is 84.7 Å². The van der Waals surface area contributed by atoms with Crippen LogP contribution in [0.4, 0.5) is 0 Å².